The summed E-state index contributed by atoms with van der Waals surface area (Å²) in [6.45, 7) is 7.41. The van der Waals surface area contributed by atoms with Gasteiger partial charge in [0.05, 0.1) is 17.2 Å². The minimum atomic E-state index is -1.26. The molecule has 1 atom stereocenters. The summed E-state index contributed by atoms with van der Waals surface area (Å²) in [5.41, 5.74) is -0.793. The van der Waals surface area contributed by atoms with E-state index in [1.54, 1.807) is 27.0 Å². The van der Waals surface area contributed by atoms with Crippen LogP contribution in [0.2, 0.25) is 0 Å². The van der Waals surface area contributed by atoms with E-state index in [9.17, 15) is 14.7 Å². The number of imidazole rings is 1. The van der Waals surface area contributed by atoms with Crippen LogP contribution in [0.15, 0.2) is 22.6 Å². The van der Waals surface area contributed by atoms with Crippen LogP contribution in [0.1, 0.15) is 31.5 Å². The molecule has 0 saturated carbocycles. The number of carboxylic acid groups (broad SMARTS) is 1. The second kappa shape index (κ2) is 5.48. The van der Waals surface area contributed by atoms with Crippen LogP contribution in [0.25, 0.3) is 0 Å². The third kappa shape index (κ3) is 2.65. The second-order valence-corrected chi connectivity index (χ2v) is 6.61. The van der Waals surface area contributed by atoms with Crippen LogP contribution >= 0.6 is 11.3 Å². The normalized spacial score (nSPS) is 14.3. The van der Waals surface area contributed by atoms with Gasteiger partial charge in [0.1, 0.15) is 5.54 Å². The summed E-state index contributed by atoms with van der Waals surface area (Å²) in [7, 11) is 0. The molecule has 0 radical (unpaired) electrons. The van der Waals surface area contributed by atoms with Crippen molar-refractivity contribution >= 4 is 17.3 Å². The number of thiazole rings is 1. The average Bonchev–Trinajstić information content (AvgIpc) is 2.96. The molecular weight excluding hydrogens is 290 g/mol. The fourth-order valence-electron chi connectivity index (χ4n) is 2.17. The minimum absolute atomic E-state index is 0.218. The Morgan fingerprint density at radius 2 is 2.14 bits per heavy atom. The quantitative estimate of drug-likeness (QED) is 0.915. The van der Waals surface area contributed by atoms with Crippen molar-refractivity contribution in [3.8, 4) is 0 Å². The van der Waals surface area contributed by atoms with E-state index in [1.807, 2.05) is 12.3 Å². The summed E-state index contributed by atoms with van der Waals surface area (Å²) < 4.78 is 2.78. The van der Waals surface area contributed by atoms with E-state index in [-0.39, 0.29) is 11.6 Å². The summed E-state index contributed by atoms with van der Waals surface area (Å²) in [6, 6.07) is 0. The summed E-state index contributed by atoms with van der Waals surface area (Å²) in [6.07, 6.45) is 3.15. The van der Waals surface area contributed by atoms with Crippen molar-refractivity contribution in [2.24, 2.45) is 5.92 Å². The first-order valence-electron chi connectivity index (χ1n) is 6.69. The number of aliphatic carboxylic acids is 1. The van der Waals surface area contributed by atoms with Crippen molar-refractivity contribution in [1.29, 1.82) is 0 Å². The summed E-state index contributed by atoms with van der Waals surface area (Å²) in [5.74, 6) is -1.23. The molecule has 2 rings (SSSR count). The lowest BCUT2D eigenvalue weighted by molar-refractivity contribution is -0.149. The van der Waals surface area contributed by atoms with E-state index >= 15 is 0 Å². The number of nitrogens with zero attached hydrogens (tertiary/aromatic N) is 3. The van der Waals surface area contributed by atoms with E-state index in [0.29, 0.717) is 6.54 Å². The van der Waals surface area contributed by atoms with Gasteiger partial charge in [0.2, 0.25) is 0 Å². The van der Waals surface area contributed by atoms with Gasteiger partial charge in [0.25, 0.3) is 0 Å². The first-order valence-corrected chi connectivity index (χ1v) is 7.57. The molecule has 2 aromatic rings. The fraction of sp³-hybridized carbons (Fsp3) is 0.500. The maximum absolute atomic E-state index is 12.5. The average molecular weight is 309 g/mol. The topological polar surface area (TPSA) is 77.1 Å². The molecule has 0 bridgehead atoms. The lowest BCUT2D eigenvalue weighted by Crippen LogP contribution is -2.48. The highest BCUT2D eigenvalue weighted by molar-refractivity contribution is 7.09. The zero-order chi connectivity index (χ0) is 15.8. The highest BCUT2D eigenvalue weighted by atomic mass is 32.1. The van der Waals surface area contributed by atoms with Crippen molar-refractivity contribution < 1.29 is 9.90 Å². The standard InChI is InChI=1S/C14H19N3O3S/c1-9(2)14(4,12(18)19)17-6-5-16(13(17)20)7-11-8-21-10(3)15-11/h5-6,8-9H,7H2,1-4H3,(H,18,19)/t14-/m0/s1. The molecule has 0 amide bonds. The van der Waals surface area contributed by atoms with Crippen molar-refractivity contribution in [2.45, 2.75) is 39.8 Å². The van der Waals surface area contributed by atoms with Crippen molar-refractivity contribution in [1.82, 2.24) is 14.1 Å². The Bertz CT molecular complexity index is 713. The van der Waals surface area contributed by atoms with Crippen LogP contribution < -0.4 is 5.69 Å². The zero-order valence-corrected chi connectivity index (χ0v) is 13.3. The number of aryl methyl sites for hydroxylation is 1. The molecule has 0 aliphatic rings. The Morgan fingerprint density at radius 1 is 1.48 bits per heavy atom. The fourth-order valence-corrected chi connectivity index (χ4v) is 2.77. The maximum atomic E-state index is 12.5. The first kappa shape index (κ1) is 15.5. The molecule has 0 unspecified atom stereocenters. The molecule has 21 heavy (non-hydrogen) atoms. The van der Waals surface area contributed by atoms with Gasteiger partial charge in [-0.3, -0.25) is 9.13 Å². The molecule has 2 heterocycles. The maximum Gasteiger partial charge on any atom is 0.330 e. The molecule has 0 saturated heterocycles. The Balaban J connectivity index is 2.41. The van der Waals surface area contributed by atoms with Crippen LogP contribution in [0.3, 0.4) is 0 Å². The van der Waals surface area contributed by atoms with Gasteiger partial charge in [-0.2, -0.15) is 0 Å². The van der Waals surface area contributed by atoms with Crippen LogP contribution in [-0.4, -0.2) is 25.2 Å². The van der Waals surface area contributed by atoms with E-state index in [2.05, 4.69) is 4.98 Å². The van der Waals surface area contributed by atoms with Gasteiger partial charge < -0.3 is 5.11 Å². The van der Waals surface area contributed by atoms with Gasteiger partial charge in [-0.15, -0.1) is 11.3 Å². The van der Waals surface area contributed by atoms with E-state index in [0.717, 1.165) is 10.7 Å². The van der Waals surface area contributed by atoms with Crippen LogP contribution in [0.4, 0.5) is 0 Å². The highest BCUT2D eigenvalue weighted by Gasteiger charge is 2.40. The lowest BCUT2D eigenvalue weighted by Gasteiger charge is -2.29. The van der Waals surface area contributed by atoms with Crippen LogP contribution in [0.5, 0.6) is 0 Å². The Morgan fingerprint density at radius 3 is 2.62 bits per heavy atom. The van der Waals surface area contributed by atoms with Crippen molar-refractivity contribution in [3.63, 3.8) is 0 Å². The molecule has 0 aromatic carbocycles. The molecule has 0 spiro atoms. The SMILES string of the molecule is Cc1nc(Cn2ccn([C@](C)(C(=O)O)C(C)C)c2=O)cs1. The van der Waals surface area contributed by atoms with Gasteiger partial charge in [-0.25, -0.2) is 14.6 Å². The Hall–Kier alpha value is -1.89. The largest absolute Gasteiger partial charge is 0.479 e. The summed E-state index contributed by atoms with van der Waals surface area (Å²) in [4.78, 5) is 28.4. The van der Waals surface area contributed by atoms with Gasteiger partial charge in [-0.05, 0) is 19.8 Å². The highest BCUT2D eigenvalue weighted by Crippen LogP contribution is 2.24. The van der Waals surface area contributed by atoms with Crippen LogP contribution in [0, 0.1) is 12.8 Å². The molecule has 7 heteroatoms. The van der Waals surface area contributed by atoms with Gasteiger partial charge in [0.15, 0.2) is 0 Å². The van der Waals surface area contributed by atoms with Gasteiger partial charge >= 0.3 is 11.7 Å². The number of aromatic nitrogens is 3. The molecule has 0 aliphatic heterocycles. The molecule has 0 aliphatic carbocycles. The minimum Gasteiger partial charge on any atom is -0.479 e. The Labute approximate surface area is 126 Å². The number of carbonyl (C=O) groups is 1. The zero-order valence-electron chi connectivity index (χ0n) is 12.5. The predicted octanol–water partition coefficient (Wildman–Crippen LogP) is 1.92. The van der Waals surface area contributed by atoms with Gasteiger partial charge in [0, 0.05) is 17.8 Å². The molecular formula is C14H19N3O3S. The summed E-state index contributed by atoms with van der Waals surface area (Å²) in [5, 5.41) is 12.3. The third-order valence-electron chi connectivity index (χ3n) is 3.90. The lowest BCUT2D eigenvalue weighted by atomic mass is 9.88. The first-order chi connectivity index (χ1) is 9.76. The monoisotopic (exact) mass is 309 g/mol. The third-order valence-corrected chi connectivity index (χ3v) is 4.73. The smallest absolute Gasteiger partial charge is 0.330 e. The number of hydrogen-bond acceptors (Lipinski definition) is 4. The van der Waals surface area contributed by atoms with E-state index in [1.165, 1.54) is 26.7 Å². The predicted molar refractivity (Wildman–Crippen MR) is 80.8 cm³/mol. The van der Waals surface area contributed by atoms with Crippen molar-refractivity contribution in [3.05, 3.63) is 39.0 Å². The number of hydrogen-bond donors (Lipinski definition) is 1. The number of rotatable bonds is 5. The van der Waals surface area contributed by atoms with E-state index in [4.69, 9.17) is 0 Å². The van der Waals surface area contributed by atoms with E-state index < -0.39 is 11.5 Å². The summed E-state index contributed by atoms with van der Waals surface area (Å²) >= 11 is 1.52. The molecule has 2 aromatic heterocycles. The Kier molecular flexibility index (Phi) is 4.04. The second-order valence-electron chi connectivity index (χ2n) is 5.54. The molecule has 0 fully saturated rings. The van der Waals surface area contributed by atoms with Gasteiger partial charge in [-0.1, -0.05) is 13.8 Å². The molecule has 6 nitrogen and oxygen atoms in total. The van der Waals surface area contributed by atoms with Crippen molar-refractivity contribution in [2.75, 3.05) is 0 Å². The van der Waals surface area contributed by atoms with Crippen LogP contribution in [-0.2, 0) is 16.9 Å². The number of carboxylic acids is 1. The molecule has 114 valence electrons. The molecule has 1 N–H and O–H groups in total.